The van der Waals surface area contributed by atoms with Crippen LogP contribution in [0.4, 0.5) is 10.5 Å². The fraction of sp³-hybridized carbons (Fsp3) is 0.250. The first-order chi connectivity index (χ1) is 11.6. The predicted molar refractivity (Wildman–Crippen MR) is 98.6 cm³/mol. The van der Waals surface area contributed by atoms with Gasteiger partial charge in [-0.15, -0.1) is 6.58 Å². The van der Waals surface area contributed by atoms with Gasteiger partial charge in [0.25, 0.3) is 0 Å². The minimum Gasteiger partial charge on any atom is -0.457 e. The van der Waals surface area contributed by atoms with Crippen molar-refractivity contribution >= 4 is 11.7 Å². The lowest BCUT2D eigenvalue weighted by atomic mass is 10.2. The van der Waals surface area contributed by atoms with E-state index < -0.39 is 0 Å². The second kappa shape index (κ2) is 8.77. The van der Waals surface area contributed by atoms with Crippen molar-refractivity contribution in [2.24, 2.45) is 0 Å². The highest BCUT2D eigenvalue weighted by Gasteiger charge is 2.17. The van der Waals surface area contributed by atoms with Crippen molar-refractivity contribution in [1.82, 2.24) is 4.90 Å². The Morgan fingerprint density at radius 2 is 1.79 bits per heavy atom. The van der Waals surface area contributed by atoms with Crippen molar-refractivity contribution in [3.63, 3.8) is 0 Å². The van der Waals surface area contributed by atoms with Crippen molar-refractivity contribution < 1.29 is 9.53 Å². The van der Waals surface area contributed by atoms with Crippen molar-refractivity contribution in [3.8, 4) is 11.5 Å². The van der Waals surface area contributed by atoms with Crippen LogP contribution in [0, 0.1) is 0 Å². The van der Waals surface area contributed by atoms with Gasteiger partial charge in [0.2, 0.25) is 0 Å². The summed E-state index contributed by atoms with van der Waals surface area (Å²) in [6, 6.07) is 17.0. The molecule has 24 heavy (non-hydrogen) atoms. The summed E-state index contributed by atoms with van der Waals surface area (Å²) < 4.78 is 5.74. The topological polar surface area (TPSA) is 41.6 Å². The number of nitrogens with one attached hydrogen (secondary N) is 1. The Hall–Kier alpha value is -2.75. The molecule has 1 unspecified atom stereocenters. The summed E-state index contributed by atoms with van der Waals surface area (Å²) in [7, 11) is 0. The summed E-state index contributed by atoms with van der Waals surface area (Å²) in [6.07, 6.45) is 2.63. The molecule has 2 amide bonds. The third kappa shape index (κ3) is 4.88. The molecule has 126 valence electrons. The van der Waals surface area contributed by atoms with Crippen LogP contribution in [-0.4, -0.2) is 23.5 Å². The molecule has 2 aromatic carbocycles. The number of anilines is 1. The van der Waals surface area contributed by atoms with Crippen LogP contribution in [0.2, 0.25) is 0 Å². The van der Waals surface area contributed by atoms with E-state index in [0.717, 1.165) is 23.6 Å². The molecule has 0 aliphatic carbocycles. The normalized spacial score (nSPS) is 11.4. The van der Waals surface area contributed by atoms with Crippen LogP contribution in [0.15, 0.2) is 67.3 Å². The standard InChI is InChI=1S/C20H24N2O2/c1-4-15-22(16(3)5-2)20(23)21-17-11-13-19(14-12-17)24-18-9-7-6-8-10-18/h4,6-14,16H,1,5,15H2,2-3H3,(H,21,23). The van der Waals surface area contributed by atoms with Gasteiger partial charge in [0.05, 0.1) is 0 Å². The van der Waals surface area contributed by atoms with E-state index in [4.69, 9.17) is 4.74 Å². The zero-order chi connectivity index (χ0) is 17.4. The zero-order valence-electron chi connectivity index (χ0n) is 14.2. The smallest absolute Gasteiger partial charge is 0.322 e. The number of para-hydroxylation sites is 1. The third-order valence-corrected chi connectivity index (χ3v) is 3.79. The Kier molecular flexibility index (Phi) is 6.43. The number of hydrogen-bond acceptors (Lipinski definition) is 2. The van der Waals surface area contributed by atoms with Gasteiger partial charge in [-0.25, -0.2) is 4.79 Å². The van der Waals surface area contributed by atoms with Crippen LogP contribution in [0.1, 0.15) is 20.3 Å². The minimum atomic E-state index is -0.124. The molecular weight excluding hydrogens is 300 g/mol. The number of hydrogen-bond donors (Lipinski definition) is 1. The van der Waals surface area contributed by atoms with E-state index in [2.05, 4.69) is 18.8 Å². The average Bonchev–Trinajstić information content (AvgIpc) is 2.61. The van der Waals surface area contributed by atoms with Crippen LogP contribution < -0.4 is 10.1 Å². The van der Waals surface area contributed by atoms with E-state index in [9.17, 15) is 4.79 Å². The fourth-order valence-electron chi connectivity index (χ4n) is 2.25. The van der Waals surface area contributed by atoms with Crippen LogP contribution >= 0.6 is 0 Å². The van der Waals surface area contributed by atoms with E-state index in [1.54, 1.807) is 11.0 Å². The zero-order valence-corrected chi connectivity index (χ0v) is 14.2. The Bertz CT molecular complexity index is 653. The van der Waals surface area contributed by atoms with Crippen molar-refractivity contribution in [3.05, 3.63) is 67.3 Å². The Labute approximate surface area is 143 Å². The molecule has 0 aromatic heterocycles. The molecule has 0 aliphatic heterocycles. The molecule has 0 aliphatic rings. The Balaban J connectivity index is 2.00. The molecule has 2 rings (SSSR count). The molecule has 4 heteroatoms. The maximum Gasteiger partial charge on any atom is 0.322 e. The SMILES string of the molecule is C=CCN(C(=O)Nc1ccc(Oc2ccccc2)cc1)C(C)CC. The quantitative estimate of drug-likeness (QED) is 0.702. The summed E-state index contributed by atoms with van der Waals surface area (Å²) in [5.74, 6) is 1.51. The first-order valence-electron chi connectivity index (χ1n) is 8.15. The number of nitrogens with zero attached hydrogens (tertiary/aromatic N) is 1. The number of carbonyl (C=O) groups is 1. The number of carbonyl (C=O) groups excluding carboxylic acids is 1. The monoisotopic (exact) mass is 324 g/mol. The van der Waals surface area contributed by atoms with Gasteiger partial charge in [-0.3, -0.25) is 0 Å². The van der Waals surface area contributed by atoms with Gasteiger partial charge in [-0.05, 0) is 49.7 Å². The molecule has 0 spiro atoms. The lowest BCUT2D eigenvalue weighted by Crippen LogP contribution is -2.41. The van der Waals surface area contributed by atoms with Gasteiger partial charge in [0, 0.05) is 18.3 Å². The average molecular weight is 324 g/mol. The second-order valence-corrected chi connectivity index (χ2v) is 5.57. The molecule has 0 saturated heterocycles. The van der Waals surface area contributed by atoms with Crippen LogP contribution in [-0.2, 0) is 0 Å². The fourth-order valence-corrected chi connectivity index (χ4v) is 2.25. The van der Waals surface area contributed by atoms with Crippen LogP contribution in [0.3, 0.4) is 0 Å². The molecule has 1 atom stereocenters. The summed E-state index contributed by atoms with van der Waals surface area (Å²) >= 11 is 0. The molecular formula is C20H24N2O2. The van der Waals surface area contributed by atoms with Crippen LogP contribution in [0.25, 0.3) is 0 Å². The summed E-state index contributed by atoms with van der Waals surface area (Å²) in [5.41, 5.74) is 0.734. The number of benzene rings is 2. The molecule has 0 fully saturated rings. The number of amides is 2. The maximum atomic E-state index is 12.4. The third-order valence-electron chi connectivity index (χ3n) is 3.79. The molecule has 0 saturated carbocycles. The van der Waals surface area contributed by atoms with Crippen LogP contribution in [0.5, 0.6) is 11.5 Å². The molecule has 4 nitrogen and oxygen atoms in total. The largest absolute Gasteiger partial charge is 0.457 e. The number of ether oxygens (including phenoxy) is 1. The van der Waals surface area contributed by atoms with E-state index >= 15 is 0 Å². The lowest BCUT2D eigenvalue weighted by Gasteiger charge is -2.27. The van der Waals surface area contributed by atoms with E-state index in [0.29, 0.717) is 6.54 Å². The predicted octanol–water partition coefficient (Wildman–Crippen LogP) is 5.30. The highest BCUT2D eigenvalue weighted by atomic mass is 16.5. The van der Waals surface area contributed by atoms with Gasteiger partial charge < -0.3 is 15.0 Å². The minimum absolute atomic E-state index is 0.124. The van der Waals surface area contributed by atoms with Crippen molar-refractivity contribution in [2.75, 3.05) is 11.9 Å². The highest BCUT2D eigenvalue weighted by molar-refractivity contribution is 5.89. The van der Waals surface area contributed by atoms with Gasteiger partial charge in [0.15, 0.2) is 0 Å². The lowest BCUT2D eigenvalue weighted by molar-refractivity contribution is 0.198. The summed E-state index contributed by atoms with van der Waals surface area (Å²) in [5, 5.41) is 2.92. The highest BCUT2D eigenvalue weighted by Crippen LogP contribution is 2.22. The van der Waals surface area contributed by atoms with Gasteiger partial charge in [0.1, 0.15) is 11.5 Å². The maximum absolute atomic E-state index is 12.4. The van der Waals surface area contributed by atoms with Crippen molar-refractivity contribution in [1.29, 1.82) is 0 Å². The molecule has 0 heterocycles. The first-order valence-corrected chi connectivity index (χ1v) is 8.15. The molecule has 0 bridgehead atoms. The van der Waals surface area contributed by atoms with Gasteiger partial charge >= 0.3 is 6.03 Å². The molecule has 2 aromatic rings. The van der Waals surface area contributed by atoms with E-state index in [-0.39, 0.29) is 12.1 Å². The Morgan fingerprint density at radius 1 is 1.17 bits per heavy atom. The second-order valence-electron chi connectivity index (χ2n) is 5.57. The van der Waals surface area contributed by atoms with Gasteiger partial charge in [-0.2, -0.15) is 0 Å². The summed E-state index contributed by atoms with van der Waals surface area (Å²) in [6.45, 7) is 8.33. The number of urea groups is 1. The Morgan fingerprint density at radius 3 is 2.38 bits per heavy atom. The van der Waals surface area contributed by atoms with E-state index in [1.807, 2.05) is 61.5 Å². The van der Waals surface area contributed by atoms with Gasteiger partial charge in [-0.1, -0.05) is 31.2 Å². The molecule has 1 N–H and O–H groups in total. The van der Waals surface area contributed by atoms with Crippen molar-refractivity contribution in [2.45, 2.75) is 26.3 Å². The molecule has 0 radical (unpaired) electrons. The summed E-state index contributed by atoms with van der Waals surface area (Å²) in [4.78, 5) is 14.2. The van der Waals surface area contributed by atoms with E-state index in [1.165, 1.54) is 0 Å². The first kappa shape index (κ1) is 17.6. The number of rotatable bonds is 7.